The van der Waals surface area contributed by atoms with E-state index in [2.05, 4.69) is 25.5 Å². The molecule has 198 valence electrons. The van der Waals surface area contributed by atoms with Crippen LogP contribution in [0.3, 0.4) is 0 Å². The van der Waals surface area contributed by atoms with Crippen LogP contribution in [0.25, 0.3) is 0 Å². The number of halogens is 1. The fourth-order valence-electron chi connectivity index (χ4n) is 4.29. The minimum Gasteiger partial charge on any atom is -0.507 e. The lowest BCUT2D eigenvalue weighted by Crippen LogP contribution is -2.31. The highest BCUT2D eigenvalue weighted by atomic mass is 79.9. The zero-order chi connectivity index (χ0) is 27.5. The molecule has 0 radical (unpaired) electrons. The summed E-state index contributed by atoms with van der Waals surface area (Å²) in [6, 6.07) is 13.3. The molecule has 0 aliphatic heterocycles. The molecule has 1 heterocycles. The first kappa shape index (κ1) is 28.4. The molecule has 3 rings (SSSR count). The molecule has 37 heavy (non-hydrogen) atoms. The molecule has 1 amide bonds. The lowest BCUT2D eigenvalue weighted by molar-refractivity contribution is 0.0942. The van der Waals surface area contributed by atoms with Crippen molar-refractivity contribution in [3.63, 3.8) is 0 Å². The normalized spacial score (nSPS) is 12.6. The Hall–Kier alpha value is -3.13. The van der Waals surface area contributed by atoms with E-state index < -0.39 is 0 Å². The summed E-state index contributed by atoms with van der Waals surface area (Å²) in [6.45, 7) is 14.8. The average Bonchev–Trinajstić information content (AvgIpc) is 3.15. The number of carbonyl (C=O) groups is 2. The fraction of sp³-hybridized carbons (Fsp3) is 0.414. The van der Waals surface area contributed by atoms with E-state index in [0.29, 0.717) is 30.0 Å². The van der Waals surface area contributed by atoms with Gasteiger partial charge in [-0.15, -0.1) is 0 Å². The van der Waals surface area contributed by atoms with Crippen molar-refractivity contribution in [3.8, 4) is 5.75 Å². The van der Waals surface area contributed by atoms with Crippen molar-refractivity contribution in [1.29, 1.82) is 0 Å². The number of phenols is 1. The molecule has 2 N–H and O–H groups in total. The number of rotatable bonds is 7. The van der Waals surface area contributed by atoms with Crippen LogP contribution in [0, 0.1) is 0 Å². The van der Waals surface area contributed by atoms with Crippen LogP contribution in [0.1, 0.15) is 86.0 Å². The minimum atomic E-state index is -0.353. The average molecular weight is 570 g/mol. The third-order valence-electron chi connectivity index (χ3n) is 6.26. The molecule has 0 saturated carbocycles. The number of benzene rings is 2. The number of aromatic hydroxyl groups is 1. The van der Waals surface area contributed by atoms with Crippen molar-refractivity contribution >= 4 is 27.8 Å². The van der Waals surface area contributed by atoms with Gasteiger partial charge in [0.15, 0.2) is 5.78 Å². The Morgan fingerprint density at radius 3 is 2.05 bits per heavy atom. The van der Waals surface area contributed by atoms with Crippen LogP contribution in [0.2, 0.25) is 0 Å². The monoisotopic (exact) mass is 568 g/mol. The first-order chi connectivity index (χ1) is 17.3. The second-order valence-electron chi connectivity index (χ2n) is 11.3. The van der Waals surface area contributed by atoms with E-state index in [1.165, 1.54) is 0 Å². The van der Waals surface area contributed by atoms with Gasteiger partial charge in [0.25, 0.3) is 5.91 Å². The Morgan fingerprint density at radius 2 is 1.57 bits per heavy atom. The van der Waals surface area contributed by atoms with Gasteiger partial charge in [0.1, 0.15) is 11.4 Å². The van der Waals surface area contributed by atoms with Crippen LogP contribution in [0.4, 0.5) is 0 Å². The van der Waals surface area contributed by atoms with Gasteiger partial charge in [-0.25, -0.2) is 0 Å². The Bertz CT molecular complexity index is 1320. The van der Waals surface area contributed by atoms with Crippen molar-refractivity contribution in [3.05, 3.63) is 82.2 Å². The van der Waals surface area contributed by atoms with Crippen molar-refractivity contribution in [1.82, 2.24) is 14.5 Å². The van der Waals surface area contributed by atoms with Gasteiger partial charge in [0, 0.05) is 29.4 Å². The molecule has 3 aromatic rings. The maximum Gasteiger partial charge on any atom is 0.269 e. The summed E-state index contributed by atoms with van der Waals surface area (Å²) < 4.78 is 7.75. The zero-order valence-electron chi connectivity index (χ0n) is 22.7. The SMILES string of the molecule is CCNC(=O)c1cn(CC(=O)c2cc(C(C)(C)C)c(O)c(C(C)(C)C)c2)/c(=N\Br)n1Cc1ccccc1. The van der Waals surface area contributed by atoms with E-state index in [1.807, 2.05) is 78.8 Å². The highest BCUT2D eigenvalue weighted by Crippen LogP contribution is 2.39. The van der Waals surface area contributed by atoms with Crippen LogP contribution in [0.5, 0.6) is 5.75 Å². The minimum absolute atomic E-state index is 0.0173. The third-order valence-corrected chi connectivity index (χ3v) is 6.58. The van der Waals surface area contributed by atoms with Gasteiger partial charge >= 0.3 is 0 Å². The molecule has 8 heteroatoms. The van der Waals surface area contributed by atoms with Crippen LogP contribution in [0.15, 0.2) is 52.7 Å². The number of amides is 1. The second kappa shape index (κ2) is 11.1. The summed E-state index contributed by atoms with van der Waals surface area (Å²) >= 11 is 3.21. The molecule has 0 saturated heterocycles. The van der Waals surface area contributed by atoms with Gasteiger partial charge in [-0.05, 0) is 35.4 Å². The van der Waals surface area contributed by atoms with Crippen LogP contribution in [-0.4, -0.2) is 32.5 Å². The number of hydrogen-bond donors (Lipinski definition) is 2. The van der Waals surface area contributed by atoms with Gasteiger partial charge in [0.05, 0.1) is 29.2 Å². The standard InChI is InChI=1S/C29H37BrN4O3/c1-8-31-26(37)23-17-33(27(32-30)34(23)16-19-12-10-9-11-13-19)18-24(35)20-14-21(28(2,3)4)25(36)22(15-20)29(5,6)7/h9-15,17,36H,8,16,18H2,1-7H3,(H,31,37)/b32-27+. The number of aromatic nitrogens is 2. The summed E-state index contributed by atoms with van der Waals surface area (Å²) in [5, 5.41) is 13.9. The van der Waals surface area contributed by atoms with Crippen molar-refractivity contribution in [2.75, 3.05) is 6.54 Å². The van der Waals surface area contributed by atoms with E-state index in [4.69, 9.17) is 0 Å². The highest BCUT2D eigenvalue weighted by molar-refractivity contribution is 9.08. The Labute approximate surface area is 227 Å². The third kappa shape index (κ3) is 6.42. The van der Waals surface area contributed by atoms with Gasteiger partial charge < -0.3 is 19.6 Å². The molecule has 0 spiro atoms. The number of hydrogen-bond acceptors (Lipinski definition) is 4. The van der Waals surface area contributed by atoms with Crippen molar-refractivity contribution < 1.29 is 14.7 Å². The van der Waals surface area contributed by atoms with E-state index >= 15 is 0 Å². The molecule has 0 aliphatic carbocycles. The van der Waals surface area contributed by atoms with Crippen molar-refractivity contribution in [2.45, 2.75) is 72.4 Å². The molecule has 7 nitrogen and oxygen atoms in total. The van der Waals surface area contributed by atoms with E-state index in [1.54, 1.807) is 27.5 Å². The molecule has 0 atom stereocenters. The topological polar surface area (TPSA) is 88.6 Å². The lowest BCUT2D eigenvalue weighted by Gasteiger charge is -2.28. The van der Waals surface area contributed by atoms with E-state index in [-0.39, 0.29) is 34.8 Å². The van der Waals surface area contributed by atoms with E-state index in [0.717, 1.165) is 16.7 Å². The number of carbonyl (C=O) groups excluding carboxylic acids is 2. The number of nitrogens with zero attached hydrogens (tertiary/aromatic N) is 3. The lowest BCUT2D eigenvalue weighted by atomic mass is 9.78. The zero-order valence-corrected chi connectivity index (χ0v) is 24.3. The summed E-state index contributed by atoms with van der Waals surface area (Å²) in [6.07, 6.45) is 1.67. The largest absolute Gasteiger partial charge is 0.507 e. The maximum atomic E-state index is 13.7. The van der Waals surface area contributed by atoms with E-state index in [9.17, 15) is 14.7 Å². The number of ketones is 1. The summed E-state index contributed by atoms with van der Waals surface area (Å²) in [7, 11) is 0. The molecule has 0 unspecified atom stereocenters. The molecule has 0 aliphatic rings. The maximum absolute atomic E-state index is 13.7. The molecular weight excluding hydrogens is 532 g/mol. The van der Waals surface area contributed by atoms with Gasteiger partial charge in [-0.2, -0.15) is 4.02 Å². The Morgan fingerprint density at radius 1 is 1.00 bits per heavy atom. The number of nitrogens with one attached hydrogen (secondary N) is 1. The van der Waals surface area contributed by atoms with Gasteiger partial charge in [0.2, 0.25) is 5.62 Å². The molecule has 0 bridgehead atoms. The first-order valence-corrected chi connectivity index (χ1v) is 13.2. The van der Waals surface area contributed by atoms with Crippen LogP contribution in [-0.2, 0) is 23.9 Å². The first-order valence-electron chi connectivity index (χ1n) is 12.5. The quantitative estimate of drug-likeness (QED) is 0.370. The Balaban J connectivity index is 2.11. The smallest absolute Gasteiger partial charge is 0.269 e. The molecule has 1 aromatic heterocycles. The predicted octanol–water partition coefficient (Wildman–Crippen LogP) is 5.48. The Kier molecular flexibility index (Phi) is 8.52. The molecular formula is C29H37BrN4O3. The summed E-state index contributed by atoms with van der Waals surface area (Å²) in [5.74, 6) is -0.151. The molecule has 0 fully saturated rings. The fourth-order valence-corrected chi connectivity index (χ4v) is 4.68. The second-order valence-corrected chi connectivity index (χ2v) is 11.7. The van der Waals surface area contributed by atoms with Crippen molar-refractivity contribution in [2.24, 2.45) is 4.02 Å². The number of Topliss-reactive ketones (excluding diaryl/α,β-unsaturated/α-hetero) is 1. The van der Waals surface area contributed by atoms with Gasteiger partial charge in [-0.3, -0.25) is 9.59 Å². The number of phenolic OH excluding ortho intramolecular Hbond substituents is 1. The van der Waals surface area contributed by atoms with Crippen LogP contribution < -0.4 is 10.9 Å². The highest BCUT2D eigenvalue weighted by Gasteiger charge is 2.28. The van der Waals surface area contributed by atoms with Crippen LogP contribution >= 0.6 is 16.1 Å². The number of imidazole rings is 1. The summed E-state index contributed by atoms with van der Waals surface area (Å²) in [4.78, 5) is 26.6. The molecule has 2 aromatic carbocycles. The predicted molar refractivity (Wildman–Crippen MR) is 150 cm³/mol. The summed E-state index contributed by atoms with van der Waals surface area (Å²) in [5.41, 5.74) is 3.12. The van der Waals surface area contributed by atoms with Gasteiger partial charge in [-0.1, -0.05) is 71.9 Å².